The van der Waals surface area contributed by atoms with Crippen molar-refractivity contribution in [3.63, 3.8) is 0 Å². The van der Waals surface area contributed by atoms with Gasteiger partial charge in [0.1, 0.15) is 0 Å². The quantitative estimate of drug-likeness (QED) is 0.833. The number of alkyl halides is 1. The molecule has 1 unspecified atom stereocenters. The van der Waals surface area contributed by atoms with Gasteiger partial charge in [0.25, 0.3) is 0 Å². The van der Waals surface area contributed by atoms with Crippen LogP contribution in [0.3, 0.4) is 0 Å². The number of nitrogens with two attached hydrogens (primary N) is 1. The molecule has 0 aromatic carbocycles. The van der Waals surface area contributed by atoms with Gasteiger partial charge in [0.05, 0.1) is 0 Å². The van der Waals surface area contributed by atoms with Crippen LogP contribution < -0.4 is 5.73 Å². The van der Waals surface area contributed by atoms with Crippen LogP contribution in [0.2, 0.25) is 0 Å². The number of aromatic nitrogens is 1. The van der Waals surface area contributed by atoms with Crippen molar-refractivity contribution >= 4 is 21.6 Å². The number of aryl methyl sites for hydroxylation is 1. The Kier molecular flexibility index (Phi) is 5.09. The third-order valence-corrected chi connectivity index (χ3v) is 4.11. The molecule has 0 radical (unpaired) electrons. The Labute approximate surface area is 100 Å². The molecule has 0 aliphatic carbocycles. The zero-order valence-electron chi connectivity index (χ0n) is 9.41. The van der Waals surface area contributed by atoms with E-state index in [1.54, 1.807) is 6.20 Å². The normalized spacial score (nSPS) is 13.1. The monoisotopic (exact) mass is 270 g/mol. The van der Waals surface area contributed by atoms with Gasteiger partial charge in [-0.1, -0.05) is 29.8 Å². The minimum Gasteiger partial charge on any atom is -0.398 e. The van der Waals surface area contributed by atoms with E-state index >= 15 is 0 Å². The van der Waals surface area contributed by atoms with Gasteiger partial charge in [0.15, 0.2) is 0 Å². The van der Waals surface area contributed by atoms with E-state index in [1.807, 2.05) is 12.3 Å². The lowest BCUT2D eigenvalue weighted by molar-refractivity contribution is 0.562. The van der Waals surface area contributed by atoms with E-state index in [0.29, 0.717) is 10.7 Å². The molecule has 0 spiro atoms. The molecule has 1 aromatic heterocycles. The number of pyridine rings is 1. The minimum atomic E-state index is 0.607. The molecule has 0 amide bonds. The molecule has 0 aliphatic rings. The van der Waals surface area contributed by atoms with E-state index in [4.69, 9.17) is 5.73 Å². The van der Waals surface area contributed by atoms with Crippen molar-refractivity contribution in [2.75, 3.05) is 5.73 Å². The van der Waals surface area contributed by atoms with E-state index in [0.717, 1.165) is 18.5 Å². The van der Waals surface area contributed by atoms with Crippen molar-refractivity contribution in [1.29, 1.82) is 0 Å². The number of anilines is 1. The molecule has 2 N–H and O–H groups in total. The lowest BCUT2D eigenvalue weighted by atomic mass is 10.0. The van der Waals surface area contributed by atoms with Crippen LogP contribution >= 0.6 is 15.9 Å². The van der Waals surface area contributed by atoms with Crippen LogP contribution in [0.4, 0.5) is 5.69 Å². The third kappa shape index (κ3) is 4.20. The predicted octanol–water partition coefficient (Wildman–Crippen LogP) is 3.41. The summed E-state index contributed by atoms with van der Waals surface area (Å²) in [6, 6.07) is 1.86. The summed E-state index contributed by atoms with van der Waals surface area (Å²) in [7, 11) is 0. The molecule has 0 saturated carbocycles. The van der Waals surface area contributed by atoms with E-state index in [9.17, 15) is 0 Å². The molecule has 0 bridgehead atoms. The largest absolute Gasteiger partial charge is 0.398 e. The second-order valence-corrected chi connectivity index (χ2v) is 5.40. The number of rotatable bonds is 5. The van der Waals surface area contributed by atoms with Gasteiger partial charge in [0, 0.05) is 22.9 Å². The van der Waals surface area contributed by atoms with Gasteiger partial charge in [-0.05, 0) is 36.8 Å². The predicted molar refractivity (Wildman–Crippen MR) is 69.1 cm³/mol. The Hall–Kier alpha value is -0.570. The molecule has 0 saturated heterocycles. The summed E-state index contributed by atoms with van der Waals surface area (Å²) in [5.41, 5.74) is 7.87. The molecule has 1 aromatic rings. The van der Waals surface area contributed by atoms with Crippen LogP contribution in [0.15, 0.2) is 18.5 Å². The molecular weight excluding hydrogens is 252 g/mol. The van der Waals surface area contributed by atoms with Crippen LogP contribution in [0.25, 0.3) is 0 Å². The second-order valence-electron chi connectivity index (χ2n) is 4.23. The lowest BCUT2D eigenvalue weighted by Crippen LogP contribution is -2.07. The standard InChI is InChI=1S/C12H19BrN2/c1-9(2)11(13)5-3-4-10-8-15-7-6-12(10)14/h6-9,11H,3-5H2,1-2H3,(H2,14,15). The van der Waals surface area contributed by atoms with Crippen molar-refractivity contribution in [3.05, 3.63) is 24.0 Å². The smallest absolute Gasteiger partial charge is 0.0377 e. The van der Waals surface area contributed by atoms with Gasteiger partial charge in [-0.15, -0.1) is 0 Å². The fourth-order valence-electron chi connectivity index (χ4n) is 1.47. The van der Waals surface area contributed by atoms with Gasteiger partial charge in [-0.25, -0.2) is 0 Å². The summed E-state index contributed by atoms with van der Waals surface area (Å²) in [6.45, 7) is 4.47. The number of nitrogens with zero attached hydrogens (tertiary/aromatic N) is 1. The Morgan fingerprint density at radius 1 is 1.47 bits per heavy atom. The maximum Gasteiger partial charge on any atom is 0.0377 e. The summed E-state index contributed by atoms with van der Waals surface area (Å²) < 4.78 is 0. The Bertz CT molecular complexity index is 299. The topological polar surface area (TPSA) is 38.9 Å². The first-order valence-electron chi connectivity index (χ1n) is 5.43. The average Bonchev–Trinajstić information content (AvgIpc) is 2.20. The summed E-state index contributed by atoms with van der Waals surface area (Å²) in [6.07, 6.45) is 6.97. The van der Waals surface area contributed by atoms with Gasteiger partial charge in [-0.2, -0.15) is 0 Å². The fraction of sp³-hybridized carbons (Fsp3) is 0.583. The molecule has 1 heterocycles. The van der Waals surface area contributed by atoms with E-state index in [-0.39, 0.29) is 0 Å². The SMILES string of the molecule is CC(C)C(Br)CCCc1cnccc1N. The molecule has 0 aliphatic heterocycles. The lowest BCUT2D eigenvalue weighted by Gasteiger charge is -2.13. The van der Waals surface area contributed by atoms with Gasteiger partial charge in [-0.3, -0.25) is 4.98 Å². The highest BCUT2D eigenvalue weighted by Crippen LogP contribution is 2.20. The number of nitrogen functional groups attached to an aromatic ring is 1. The molecule has 2 nitrogen and oxygen atoms in total. The van der Waals surface area contributed by atoms with Gasteiger partial charge >= 0.3 is 0 Å². The summed E-state index contributed by atoms with van der Waals surface area (Å²) in [5.74, 6) is 0.691. The van der Waals surface area contributed by atoms with Crippen LogP contribution in [0.5, 0.6) is 0 Å². The summed E-state index contributed by atoms with van der Waals surface area (Å²) in [4.78, 5) is 4.69. The highest BCUT2D eigenvalue weighted by Gasteiger charge is 2.08. The molecule has 15 heavy (non-hydrogen) atoms. The third-order valence-electron chi connectivity index (χ3n) is 2.59. The first kappa shape index (κ1) is 12.5. The zero-order valence-corrected chi connectivity index (χ0v) is 11.0. The maximum absolute atomic E-state index is 5.85. The molecule has 1 atom stereocenters. The first-order chi connectivity index (χ1) is 7.11. The van der Waals surface area contributed by atoms with Crippen molar-refractivity contribution in [2.24, 2.45) is 5.92 Å². The van der Waals surface area contributed by atoms with Crippen LogP contribution in [-0.4, -0.2) is 9.81 Å². The van der Waals surface area contributed by atoms with Crippen molar-refractivity contribution in [2.45, 2.75) is 37.9 Å². The van der Waals surface area contributed by atoms with Crippen LogP contribution in [0.1, 0.15) is 32.3 Å². The van der Waals surface area contributed by atoms with E-state index < -0.39 is 0 Å². The molecular formula is C12H19BrN2. The summed E-state index contributed by atoms with van der Waals surface area (Å²) in [5, 5.41) is 0. The average molecular weight is 271 g/mol. The van der Waals surface area contributed by atoms with Gasteiger partial charge < -0.3 is 5.73 Å². The molecule has 3 heteroatoms. The first-order valence-corrected chi connectivity index (χ1v) is 6.35. The van der Waals surface area contributed by atoms with E-state index in [2.05, 4.69) is 34.8 Å². The molecule has 1 rings (SSSR count). The zero-order chi connectivity index (χ0) is 11.3. The molecule has 84 valence electrons. The summed E-state index contributed by atoms with van der Waals surface area (Å²) >= 11 is 3.69. The van der Waals surface area contributed by atoms with Crippen molar-refractivity contribution in [1.82, 2.24) is 4.98 Å². The minimum absolute atomic E-state index is 0.607. The Morgan fingerprint density at radius 2 is 2.20 bits per heavy atom. The second kappa shape index (κ2) is 6.11. The van der Waals surface area contributed by atoms with Crippen molar-refractivity contribution in [3.8, 4) is 0 Å². The van der Waals surface area contributed by atoms with E-state index in [1.165, 1.54) is 12.0 Å². The van der Waals surface area contributed by atoms with Crippen molar-refractivity contribution < 1.29 is 0 Å². The highest BCUT2D eigenvalue weighted by molar-refractivity contribution is 9.09. The Morgan fingerprint density at radius 3 is 2.80 bits per heavy atom. The number of halogens is 1. The molecule has 0 fully saturated rings. The number of hydrogen-bond acceptors (Lipinski definition) is 2. The van der Waals surface area contributed by atoms with Gasteiger partial charge in [0.2, 0.25) is 0 Å². The Balaban J connectivity index is 2.35. The van der Waals surface area contributed by atoms with Crippen LogP contribution in [-0.2, 0) is 6.42 Å². The highest BCUT2D eigenvalue weighted by atomic mass is 79.9. The maximum atomic E-state index is 5.85. The fourth-order valence-corrected chi connectivity index (χ4v) is 1.79. The number of hydrogen-bond donors (Lipinski definition) is 1. The van der Waals surface area contributed by atoms with Crippen LogP contribution in [0, 0.1) is 5.92 Å².